The van der Waals surface area contributed by atoms with E-state index in [4.69, 9.17) is 16.3 Å². The summed E-state index contributed by atoms with van der Waals surface area (Å²) < 4.78 is 5.49. The Bertz CT molecular complexity index is 866. The number of non-ortho nitro benzene ring substituents is 1. The molecule has 2 aromatic carbocycles. The lowest BCUT2D eigenvalue weighted by Crippen LogP contribution is -2.34. The van der Waals surface area contributed by atoms with Crippen molar-refractivity contribution >= 4 is 29.2 Å². The van der Waals surface area contributed by atoms with Gasteiger partial charge in [0, 0.05) is 30.8 Å². The highest BCUT2D eigenvalue weighted by molar-refractivity contribution is 6.33. The van der Waals surface area contributed by atoms with E-state index in [0.717, 1.165) is 18.9 Å². The van der Waals surface area contributed by atoms with E-state index in [9.17, 15) is 19.7 Å². The largest absolute Gasteiger partial charge is 0.444 e. The minimum atomic E-state index is -1.09. The Morgan fingerprint density at radius 1 is 1.11 bits per heavy atom. The molecule has 7 nitrogen and oxygen atoms in total. The summed E-state index contributed by atoms with van der Waals surface area (Å²) in [5.41, 5.74) is 0.294. The van der Waals surface area contributed by atoms with Gasteiger partial charge in [0.15, 0.2) is 0 Å². The smallest absolute Gasteiger partial charge is 0.340 e. The number of benzene rings is 2. The van der Waals surface area contributed by atoms with Gasteiger partial charge >= 0.3 is 5.97 Å². The van der Waals surface area contributed by atoms with Gasteiger partial charge in [-0.25, -0.2) is 4.79 Å². The minimum absolute atomic E-state index is 0.0302. The molecule has 1 aliphatic heterocycles. The number of likely N-dealkylation sites (tertiary alicyclic amines) is 1. The second-order valence-corrected chi connectivity index (χ2v) is 6.56. The van der Waals surface area contributed by atoms with Gasteiger partial charge in [-0.1, -0.05) is 41.9 Å². The predicted octanol–water partition coefficient (Wildman–Crippen LogP) is 3.77. The third-order valence-corrected chi connectivity index (χ3v) is 4.67. The highest BCUT2D eigenvalue weighted by Gasteiger charge is 2.31. The van der Waals surface area contributed by atoms with Crippen LogP contribution in [0.5, 0.6) is 0 Å². The van der Waals surface area contributed by atoms with Gasteiger partial charge in [0.2, 0.25) is 6.10 Å². The number of hydrogen-bond acceptors (Lipinski definition) is 5. The van der Waals surface area contributed by atoms with Crippen molar-refractivity contribution in [3.8, 4) is 0 Å². The molecular weight excluding hydrogens is 372 g/mol. The molecule has 8 heteroatoms. The molecule has 1 saturated heterocycles. The van der Waals surface area contributed by atoms with Crippen LogP contribution in [-0.4, -0.2) is 34.8 Å². The topological polar surface area (TPSA) is 89.8 Å². The molecule has 0 saturated carbocycles. The number of rotatable bonds is 5. The van der Waals surface area contributed by atoms with E-state index < -0.39 is 17.0 Å². The fourth-order valence-corrected chi connectivity index (χ4v) is 3.20. The zero-order valence-electron chi connectivity index (χ0n) is 14.3. The lowest BCUT2D eigenvalue weighted by Gasteiger charge is -2.23. The normalized spacial score (nSPS) is 14.6. The fraction of sp³-hybridized carbons (Fsp3) is 0.263. The van der Waals surface area contributed by atoms with Gasteiger partial charge in [0.05, 0.1) is 15.5 Å². The van der Waals surface area contributed by atoms with Crippen LogP contribution >= 0.6 is 11.6 Å². The second-order valence-electron chi connectivity index (χ2n) is 6.15. The number of amides is 1. The Kier molecular flexibility index (Phi) is 5.71. The van der Waals surface area contributed by atoms with Crippen LogP contribution in [0.15, 0.2) is 48.5 Å². The Morgan fingerprint density at radius 3 is 2.37 bits per heavy atom. The van der Waals surface area contributed by atoms with Crippen molar-refractivity contribution in [2.75, 3.05) is 13.1 Å². The predicted molar refractivity (Wildman–Crippen MR) is 98.5 cm³/mol. The van der Waals surface area contributed by atoms with Crippen molar-refractivity contribution in [2.45, 2.75) is 18.9 Å². The molecule has 0 N–H and O–H groups in total. The van der Waals surface area contributed by atoms with Gasteiger partial charge in [0.1, 0.15) is 0 Å². The highest BCUT2D eigenvalue weighted by atomic mass is 35.5. The molecular formula is C19H17ClN2O5. The lowest BCUT2D eigenvalue weighted by atomic mass is 10.1. The molecule has 0 bridgehead atoms. The number of nitrogens with zero attached hydrogens (tertiary/aromatic N) is 2. The quantitative estimate of drug-likeness (QED) is 0.442. The van der Waals surface area contributed by atoms with Crippen molar-refractivity contribution in [1.82, 2.24) is 4.90 Å². The first-order chi connectivity index (χ1) is 13.0. The van der Waals surface area contributed by atoms with Crippen LogP contribution in [0.4, 0.5) is 5.69 Å². The van der Waals surface area contributed by atoms with Crippen LogP contribution in [0, 0.1) is 10.1 Å². The summed E-state index contributed by atoms with van der Waals surface area (Å²) in [5.74, 6) is -1.10. The monoisotopic (exact) mass is 388 g/mol. The number of ether oxygens (including phenoxy) is 1. The highest BCUT2D eigenvalue weighted by Crippen LogP contribution is 2.27. The zero-order chi connectivity index (χ0) is 19.4. The van der Waals surface area contributed by atoms with Crippen LogP contribution in [0.2, 0.25) is 5.02 Å². The number of carbonyl (C=O) groups excluding carboxylic acids is 2. The Labute approximate surface area is 160 Å². The number of nitro groups is 1. The summed E-state index contributed by atoms with van der Waals surface area (Å²) in [4.78, 5) is 37.3. The van der Waals surface area contributed by atoms with Gasteiger partial charge in [-0.3, -0.25) is 14.9 Å². The maximum absolute atomic E-state index is 12.9. The Hall–Kier alpha value is -2.93. The van der Waals surface area contributed by atoms with Crippen LogP contribution in [-0.2, 0) is 9.53 Å². The van der Waals surface area contributed by atoms with Gasteiger partial charge in [-0.2, -0.15) is 0 Å². The van der Waals surface area contributed by atoms with Crippen LogP contribution in [0.25, 0.3) is 0 Å². The molecule has 27 heavy (non-hydrogen) atoms. The Morgan fingerprint density at radius 2 is 1.78 bits per heavy atom. The van der Waals surface area contributed by atoms with E-state index >= 15 is 0 Å². The molecule has 0 aliphatic carbocycles. The second kappa shape index (κ2) is 8.18. The standard InChI is InChI=1S/C19H17ClN2O5/c20-16-12-14(22(25)26)8-9-15(16)19(24)27-17(13-6-2-1-3-7-13)18(23)21-10-4-5-11-21/h1-3,6-9,12,17H,4-5,10-11H2/t17-/m0/s1. The Balaban J connectivity index is 1.86. The SMILES string of the molecule is O=C(O[C@H](C(=O)N1CCCC1)c1ccccc1)c1ccc([N+](=O)[O-])cc1Cl. The van der Waals surface area contributed by atoms with Crippen LogP contribution in [0.3, 0.4) is 0 Å². The van der Waals surface area contributed by atoms with E-state index in [1.165, 1.54) is 12.1 Å². The van der Waals surface area contributed by atoms with E-state index in [1.54, 1.807) is 35.2 Å². The molecule has 0 aromatic heterocycles. The average Bonchev–Trinajstić information content (AvgIpc) is 3.20. The first-order valence-electron chi connectivity index (χ1n) is 8.46. The summed E-state index contributed by atoms with van der Waals surface area (Å²) in [7, 11) is 0. The van der Waals surface area contributed by atoms with E-state index in [2.05, 4.69) is 0 Å². The molecule has 0 radical (unpaired) electrons. The van der Waals surface area contributed by atoms with Crippen molar-refractivity contribution < 1.29 is 19.2 Å². The molecule has 1 heterocycles. The van der Waals surface area contributed by atoms with Gasteiger partial charge in [0.25, 0.3) is 11.6 Å². The van der Waals surface area contributed by atoms with E-state index in [1.807, 2.05) is 0 Å². The number of hydrogen-bond donors (Lipinski definition) is 0. The molecule has 1 aliphatic rings. The first-order valence-corrected chi connectivity index (χ1v) is 8.84. The molecule has 140 valence electrons. The van der Waals surface area contributed by atoms with Crippen molar-refractivity contribution in [1.29, 1.82) is 0 Å². The van der Waals surface area contributed by atoms with E-state index in [0.29, 0.717) is 18.7 Å². The van der Waals surface area contributed by atoms with Gasteiger partial charge in [-0.15, -0.1) is 0 Å². The van der Waals surface area contributed by atoms with Crippen molar-refractivity contribution in [3.63, 3.8) is 0 Å². The summed E-state index contributed by atoms with van der Waals surface area (Å²) in [6.45, 7) is 1.25. The minimum Gasteiger partial charge on any atom is -0.444 e. The number of carbonyl (C=O) groups is 2. The summed E-state index contributed by atoms with van der Waals surface area (Å²) in [6.07, 6.45) is 0.730. The fourth-order valence-electron chi connectivity index (χ4n) is 2.95. The summed E-state index contributed by atoms with van der Waals surface area (Å²) >= 11 is 6.00. The maximum Gasteiger partial charge on any atom is 0.340 e. The third-order valence-electron chi connectivity index (χ3n) is 4.35. The number of esters is 1. The number of nitro benzene ring substituents is 1. The molecule has 1 atom stereocenters. The molecule has 1 fully saturated rings. The van der Waals surface area contributed by atoms with Crippen LogP contribution in [0.1, 0.15) is 34.9 Å². The van der Waals surface area contributed by atoms with E-state index in [-0.39, 0.29) is 22.2 Å². The summed E-state index contributed by atoms with van der Waals surface area (Å²) in [5, 5.41) is 10.7. The van der Waals surface area contributed by atoms with Gasteiger partial charge < -0.3 is 9.64 Å². The molecule has 0 spiro atoms. The zero-order valence-corrected chi connectivity index (χ0v) is 15.1. The third kappa shape index (κ3) is 4.25. The maximum atomic E-state index is 12.9. The van der Waals surface area contributed by atoms with Crippen molar-refractivity contribution in [3.05, 3.63) is 74.8 Å². The van der Waals surface area contributed by atoms with Crippen LogP contribution < -0.4 is 0 Å². The van der Waals surface area contributed by atoms with Gasteiger partial charge in [-0.05, 0) is 18.9 Å². The summed E-state index contributed by atoms with van der Waals surface area (Å²) in [6, 6.07) is 12.2. The average molecular weight is 389 g/mol. The molecule has 3 rings (SSSR count). The number of halogens is 1. The first kappa shape index (κ1) is 18.8. The van der Waals surface area contributed by atoms with Crippen molar-refractivity contribution in [2.24, 2.45) is 0 Å². The molecule has 0 unspecified atom stereocenters. The lowest BCUT2D eigenvalue weighted by molar-refractivity contribution is -0.384. The molecule has 1 amide bonds. The molecule has 2 aromatic rings.